The van der Waals surface area contributed by atoms with Gasteiger partial charge in [0.1, 0.15) is 22.7 Å². The molecule has 0 spiro atoms. The van der Waals surface area contributed by atoms with Crippen molar-refractivity contribution in [1.29, 1.82) is 0 Å². The minimum absolute atomic E-state index is 0.114. The van der Waals surface area contributed by atoms with Gasteiger partial charge >= 0.3 is 0 Å². The van der Waals surface area contributed by atoms with E-state index in [2.05, 4.69) is 0 Å². The van der Waals surface area contributed by atoms with Crippen molar-refractivity contribution in [2.75, 3.05) is 13.7 Å². The number of benzene rings is 3. The summed E-state index contributed by atoms with van der Waals surface area (Å²) in [6.07, 6.45) is 1.69. The lowest BCUT2D eigenvalue weighted by molar-refractivity contribution is -0.132. The maximum atomic E-state index is 13.2. The average molecular weight is 447 g/mol. The number of hydrogen-bond donors (Lipinski definition) is 0. The lowest BCUT2D eigenvalue weighted by Gasteiger charge is -2.24. The molecule has 2 heterocycles. The van der Waals surface area contributed by atoms with Crippen LogP contribution in [0.25, 0.3) is 22.2 Å². The van der Waals surface area contributed by atoms with E-state index >= 15 is 0 Å². The highest BCUT2D eigenvalue weighted by Crippen LogP contribution is 2.38. The summed E-state index contributed by atoms with van der Waals surface area (Å²) in [5.41, 5.74) is 4.24. The van der Waals surface area contributed by atoms with Crippen LogP contribution >= 0.6 is 11.6 Å². The summed E-state index contributed by atoms with van der Waals surface area (Å²) in [6.45, 7) is 0.644. The van der Waals surface area contributed by atoms with E-state index < -0.39 is 5.38 Å². The Hall–Kier alpha value is -3.31. The van der Waals surface area contributed by atoms with E-state index in [1.807, 2.05) is 72.8 Å². The first-order chi connectivity index (χ1) is 15.7. The number of rotatable bonds is 5. The number of fused-ring (bicyclic) bond motifs is 1. The molecule has 32 heavy (non-hydrogen) atoms. The Kier molecular flexibility index (Phi) is 5.58. The molecule has 5 rings (SSSR count). The van der Waals surface area contributed by atoms with Crippen LogP contribution in [0.4, 0.5) is 0 Å². The van der Waals surface area contributed by atoms with Crippen LogP contribution in [-0.4, -0.2) is 29.4 Å². The van der Waals surface area contributed by atoms with Crippen LogP contribution in [0.15, 0.2) is 77.2 Å². The highest BCUT2D eigenvalue weighted by atomic mass is 35.5. The van der Waals surface area contributed by atoms with Crippen molar-refractivity contribution in [1.82, 2.24) is 9.88 Å². The van der Waals surface area contributed by atoms with E-state index in [1.54, 1.807) is 12.0 Å². The second kappa shape index (κ2) is 8.67. The number of amides is 1. The SMILES string of the molecule is COc1ccccc1-c1ccc2oc(C3CCCN3C(=O)C(Cl)c3ccccc3)nc2c1. The summed E-state index contributed by atoms with van der Waals surface area (Å²) < 4.78 is 11.6. The average Bonchev–Trinajstić information content (AvgIpc) is 3.50. The van der Waals surface area contributed by atoms with E-state index in [1.165, 1.54) is 0 Å². The summed E-state index contributed by atoms with van der Waals surface area (Å²) in [7, 11) is 1.66. The Bertz CT molecular complexity index is 1250. The molecule has 1 fully saturated rings. The first-order valence-electron chi connectivity index (χ1n) is 10.7. The molecule has 1 aliphatic rings. The maximum absolute atomic E-state index is 13.2. The van der Waals surface area contributed by atoms with Crippen molar-refractivity contribution in [2.45, 2.75) is 24.3 Å². The van der Waals surface area contributed by atoms with Gasteiger partial charge < -0.3 is 14.1 Å². The molecular weight excluding hydrogens is 424 g/mol. The Morgan fingerprint density at radius 2 is 1.91 bits per heavy atom. The second-order valence-electron chi connectivity index (χ2n) is 7.90. The summed E-state index contributed by atoms with van der Waals surface area (Å²) in [5.74, 6) is 1.24. The largest absolute Gasteiger partial charge is 0.496 e. The standard InChI is InChI=1S/C26H23ClN2O3/c1-31-22-12-6-5-10-19(22)18-13-14-23-20(16-18)28-25(32-23)21-11-7-15-29(21)26(30)24(27)17-8-3-2-4-9-17/h2-6,8-10,12-14,16,21,24H,7,11,15H2,1H3. The number of likely N-dealkylation sites (tertiary alicyclic amines) is 1. The third-order valence-corrected chi connectivity index (χ3v) is 6.39. The Balaban J connectivity index is 1.44. The number of carbonyl (C=O) groups excluding carboxylic acids is 1. The smallest absolute Gasteiger partial charge is 0.245 e. The molecule has 2 atom stereocenters. The van der Waals surface area contributed by atoms with Gasteiger partial charge in [0, 0.05) is 12.1 Å². The van der Waals surface area contributed by atoms with Gasteiger partial charge in [-0.25, -0.2) is 4.98 Å². The van der Waals surface area contributed by atoms with Gasteiger partial charge in [-0.15, -0.1) is 11.6 Å². The van der Waals surface area contributed by atoms with E-state index in [9.17, 15) is 4.79 Å². The number of aromatic nitrogens is 1. The highest BCUT2D eigenvalue weighted by molar-refractivity contribution is 6.30. The minimum atomic E-state index is -0.724. The van der Waals surface area contributed by atoms with Gasteiger partial charge in [0.15, 0.2) is 5.58 Å². The molecule has 0 saturated carbocycles. The number of para-hydroxylation sites is 1. The number of oxazole rings is 1. The third kappa shape index (κ3) is 3.73. The van der Waals surface area contributed by atoms with Gasteiger partial charge in [0.05, 0.1) is 7.11 Å². The summed E-state index contributed by atoms with van der Waals surface area (Å²) >= 11 is 6.53. The Morgan fingerprint density at radius 1 is 1.12 bits per heavy atom. The van der Waals surface area contributed by atoms with E-state index in [-0.39, 0.29) is 11.9 Å². The van der Waals surface area contributed by atoms with Gasteiger partial charge in [-0.3, -0.25) is 4.79 Å². The number of halogens is 1. The molecule has 0 N–H and O–H groups in total. The zero-order valence-electron chi connectivity index (χ0n) is 17.7. The van der Waals surface area contributed by atoms with Crippen LogP contribution in [0.3, 0.4) is 0 Å². The van der Waals surface area contributed by atoms with Gasteiger partial charge in [-0.05, 0) is 42.2 Å². The molecule has 1 amide bonds. The number of nitrogens with zero attached hydrogens (tertiary/aromatic N) is 2. The van der Waals surface area contributed by atoms with Crippen molar-refractivity contribution >= 4 is 28.6 Å². The summed E-state index contributed by atoms with van der Waals surface area (Å²) in [5, 5.41) is -0.724. The molecule has 2 unspecified atom stereocenters. The summed E-state index contributed by atoms with van der Waals surface area (Å²) in [4.78, 5) is 19.7. The Labute approximate surface area is 191 Å². The number of carbonyl (C=O) groups is 1. The van der Waals surface area contributed by atoms with Crippen LogP contribution in [0.2, 0.25) is 0 Å². The fourth-order valence-corrected chi connectivity index (χ4v) is 4.61. The molecule has 6 heteroatoms. The van der Waals surface area contributed by atoms with E-state index in [4.69, 9.17) is 25.7 Å². The number of ether oxygens (including phenoxy) is 1. The van der Waals surface area contributed by atoms with E-state index in [0.717, 1.165) is 40.8 Å². The molecule has 5 nitrogen and oxygen atoms in total. The fourth-order valence-electron chi connectivity index (χ4n) is 4.34. The van der Waals surface area contributed by atoms with Crippen LogP contribution in [0.5, 0.6) is 5.75 Å². The van der Waals surface area contributed by atoms with Crippen molar-refractivity contribution in [3.05, 3.63) is 84.3 Å². The van der Waals surface area contributed by atoms with Crippen molar-refractivity contribution in [3.63, 3.8) is 0 Å². The molecule has 0 radical (unpaired) electrons. The highest BCUT2D eigenvalue weighted by Gasteiger charge is 2.36. The molecule has 0 bridgehead atoms. The quantitative estimate of drug-likeness (QED) is 0.345. The number of hydrogen-bond acceptors (Lipinski definition) is 4. The topological polar surface area (TPSA) is 55.6 Å². The molecule has 0 aliphatic carbocycles. The lowest BCUT2D eigenvalue weighted by atomic mass is 10.0. The van der Waals surface area contributed by atoms with Crippen molar-refractivity contribution in [3.8, 4) is 16.9 Å². The fraction of sp³-hybridized carbons (Fsp3) is 0.231. The number of alkyl halides is 1. The first kappa shape index (κ1) is 20.6. The van der Waals surface area contributed by atoms with Gasteiger partial charge in [-0.2, -0.15) is 0 Å². The molecule has 1 saturated heterocycles. The van der Waals surface area contributed by atoms with Crippen LogP contribution in [0.1, 0.15) is 35.7 Å². The van der Waals surface area contributed by atoms with Crippen molar-refractivity contribution < 1.29 is 13.9 Å². The Morgan fingerprint density at radius 3 is 2.72 bits per heavy atom. The van der Waals surface area contributed by atoms with Gasteiger partial charge in [0.2, 0.25) is 11.8 Å². The zero-order valence-corrected chi connectivity index (χ0v) is 18.5. The monoisotopic (exact) mass is 446 g/mol. The third-order valence-electron chi connectivity index (χ3n) is 5.95. The summed E-state index contributed by atoms with van der Waals surface area (Å²) in [6, 6.07) is 23.0. The van der Waals surface area contributed by atoms with Crippen LogP contribution < -0.4 is 4.74 Å². The maximum Gasteiger partial charge on any atom is 0.245 e. The lowest BCUT2D eigenvalue weighted by Crippen LogP contribution is -2.33. The molecular formula is C26H23ClN2O3. The first-order valence-corrected chi connectivity index (χ1v) is 11.1. The van der Waals surface area contributed by atoms with Crippen molar-refractivity contribution in [2.24, 2.45) is 0 Å². The molecule has 4 aromatic rings. The molecule has 162 valence electrons. The normalized spacial score (nSPS) is 16.9. The molecule has 1 aliphatic heterocycles. The molecule has 1 aromatic heterocycles. The predicted molar refractivity (Wildman–Crippen MR) is 125 cm³/mol. The van der Waals surface area contributed by atoms with Crippen LogP contribution in [-0.2, 0) is 4.79 Å². The van der Waals surface area contributed by atoms with Gasteiger partial charge in [0.25, 0.3) is 0 Å². The molecule has 3 aromatic carbocycles. The van der Waals surface area contributed by atoms with Crippen LogP contribution in [0, 0.1) is 0 Å². The zero-order chi connectivity index (χ0) is 22.1. The second-order valence-corrected chi connectivity index (χ2v) is 8.33. The minimum Gasteiger partial charge on any atom is -0.496 e. The number of methoxy groups -OCH3 is 1. The van der Waals surface area contributed by atoms with Gasteiger partial charge in [-0.1, -0.05) is 54.6 Å². The predicted octanol–water partition coefficient (Wildman–Crippen LogP) is 6.15. The van der Waals surface area contributed by atoms with E-state index in [0.29, 0.717) is 18.0 Å².